The van der Waals surface area contributed by atoms with Gasteiger partial charge in [-0.2, -0.15) is 13.2 Å². The van der Waals surface area contributed by atoms with E-state index in [2.05, 4.69) is 25.6 Å². The molecule has 0 radical (unpaired) electrons. The van der Waals surface area contributed by atoms with Gasteiger partial charge in [-0.3, -0.25) is 9.71 Å². The highest BCUT2D eigenvalue weighted by Gasteiger charge is 2.33. The highest BCUT2D eigenvalue weighted by molar-refractivity contribution is 9.10. The van der Waals surface area contributed by atoms with Crippen LogP contribution in [0.1, 0.15) is 5.56 Å². The Morgan fingerprint density at radius 3 is 2.48 bits per heavy atom. The molecule has 0 bridgehead atoms. The summed E-state index contributed by atoms with van der Waals surface area (Å²) in [5, 5.41) is 0.608. The maximum atomic E-state index is 13.0. The Bertz CT molecular complexity index is 1050. The maximum Gasteiger partial charge on any atom is 0.417 e. The summed E-state index contributed by atoms with van der Waals surface area (Å²) in [5.74, 6) is 0. The Morgan fingerprint density at radius 2 is 1.76 bits per heavy atom. The number of alkyl halides is 3. The predicted octanol–water partition coefficient (Wildman–Crippen LogP) is 4.82. The van der Waals surface area contributed by atoms with Crippen molar-refractivity contribution in [2.75, 3.05) is 4.72 Å². The van der Waals surface area contributed by atoms with Gasteiger partial charge < -0.3 is 0 Å². The van der Waals surface area contributed by atoms with E-state index in [0.29, 0.717) is 5.39 Å². The fraction of sp³-hybridized carbons (Fsp3) is 0.0625. The minimum absolute atomic E-state index is 0.109. The first-order chi connectivity index (χ1) is 11.7. The Balaban J connectivity index is 2.05. The molecule has 130 valence electrons. The zero-order chi connectivity index (χ0) is 18.2. The van der Waals surface area contributed by atoms with E-state index in [1.54, 1.807) is 24.3 Å². The van der Waals surface area contributed by atoms with Gasteiger partial charge in [-0.05, 0) is 30.3 Å². The fourth-order valence-electron chi connectivity index (χ4n) is 2.31. The van der Waals surface area contributed by atoms with Gasteiger partial charge in [0.15, 0.2) is 0 Å². The SMILES string of the molecule is O=S(=O)(Nc1ccc(Br)c(C(F)(F)F)c1)c1cccc2cccnc12. The molecule has 2 aromatic carbocycles. The van der Waals surface area contributed by atoms with E-state index in [1.807, 2.05) is 0 Å². The molecule has 0 aliphatic rings. The summed E-state index contributed by atoms with van der Waals surface area (Å²) in [5.41, 5.74) is -0.919. The van der Waals surface area contributed by atoms with Crippen LogP contribution in [-0.4, -0.2) is 13.4 Å². The van der Waals surface area contributed by atoms with Crippen LogP contribution < -0.4 is 4.72 Å². The van der Waals surface area contributed by atoms with Crippen molar-refractivity contribution >= 4 is 42.5 Å². The monoisotopic (exact) mass is 430 g/mol. The molecule has 1 N–H and O–H groups in total. The zero-order valence-corrected chi connectivity index (χ0v) is 14.8. The second-order valence-electron chi connectivity index (χ2n) is 5.13. The van der Waals surface area contributed by atoms with Gasteiger partial charge >= 0.3 is 6.18 Å². The van der Waals surface area contributed by atoms with Crippen LogP contribution in [0.5, 0.6) is 0 Å². The third kappa shape index (κ3) is 3.62. The minimum Gasteiger partial charge on any atom is -0.280 e. The zero-order valence-electron chi connectivity index (χ0n) is 12.4. The molecule has 0 amide bonds. The van der Waals surface area contributed by atoms with Gasteiger partial charge in [0.1, 0.15) is 4.90 Å². The molecule has 0 saturated carbocycles. The molecule has 25 heavy (non-hydrogen) atoms. The standard InChI is InChI=1S/C16H10BrF3N2O2S/c17-13-7-6-11(9-12(13)16(18,19)20)22-25(23,24)14-5-1-3-10-4-2-8-21-15(10)14/h1-9,22H. The van der Waals surface area contributed by atoms with Gasteiger partial charge in [-0.15, -0.1) is 0 Å². The Morgan fingerprint density at radius 1 is 1.04 bits per heavy atom. The molecule has 3 rings (SSSR count). The van der Waals surface area contributed by atoms with Crippen molar-refractivity contribution in [2.24, 2.45) is 0 Å². The van der Waals surface area contributed by atoms with Crippen LogP contribution in [0.2, 0.25) is 0 Å². The van der Waals surface area contributed by atoms with Gasteiger partial charge in [-0.25, -0.2) is 8.42 Å². The first-order valence-corrected chi connectivity index (χ1v) is 9.19. The molecule has 0 saturated heterocycles. The lowest BCUT2D eigenvalue weighted by Gasteiger charge is -2.13. The highest BCUT2D eigenvalue weighted by atomic mass is 79.9. The van der Waals surface area contributed by atoms with Crippen LogP contribution in [0.15, 0.2) is 64.1 Å². The molecule has 0 aliphatic heterocycles. The molecule has 0 atom stereocenters. The van der Waals surface area contributed by atoms with Gasteiger partial charge in [0.05, 0.1) is 11.1 Å². The number of nitrogens with zero attached hydrogens (tertiary/aromatic N) is 1. The normalized spacial score (nSPS) is 12.3. The number of sulfonamides is 1. The van der Waals surface area contributed by atoms with Gasteiger partial charge in [0.25, 0.3) is 10.0 Å². The maximum absolute atomic E-state index is 13.0. The van der Waals surface area contributed by atoms with Crippen LogP contribution in [0.4, 0.5) is 18.9 Å². The Labute approximate surface area is 149 Å². The first kappa shape index (κ1) is 17.7. The molecule has 0 aliphatic carbocycles. The number of hydrogen-bond acceptors (Lipinski definition) is 3. The average molecular weight is 431 g/mol. The quantitative estimate of drug-likeness (QED) is 0.647. The number of nitrogens with one attached hydrogen (secondary N) is 1. The average Bonchev–Trinajstić information content (AvgIpc) is 2.55. The van der Waals surface area contributed by atoms with Crippen molar-refractivity contribution in [1.82, 2.24) is 4.98 Å². The van der Waals surface area contributed by atoms with Crippen molar-refractivity contribution in [3.63, 3.8) is 0 Å². The van der Waals surface area contributed by atoms with E-state index in [-0.39, 0.29) is 20.6 Å². The number of benzene rings is 2. The Hall–Kier alpha value is -2.13. The predicted molar refractivity (Wildman–Crippen MR) is 91.7 cm³/mol. The summed E-state index contributed by atoms with van der Waals surface area (Å²) in [6.07, 6.45) is -3.16. The largest absolute Gasteiger partial charge is 0.417 e. The van der Waals surface area contributed by atoms with Crippen molar-refractivity contribution in [1.29, 1.82) is 0 Å². The number of hydrogen-bond donors (Lipinski definition) is 1. The lowest BCUT2D eigenvalue weighted by Crippen LogP contribution is -2.15. The molecular weight excluding hydrogens is 421 g/mol. The van der Waals surface area contributed by atoms with Gasteiger partial charge in [0, 0.05) is 21.7 Å². The second kappa shape index (κ2) is 6.30. The summed E-state index contributed by atoms with van der Waals surface area (Å²) in [6.45, 7) is 0. The van der Waals surface area contributed by atoms with Crippen molar-refractivity contribution in [2.45, 2.75) is 11.1 Å². The summed E-state index contributed by atoms with van der Waals surface area (Å²) < 4.78 is 66.2. The lowest BCUT2D eigenvalue weighted by molar-refractivity contribution is -0.138. The molecule has 0 unspecified atom stereocenters. The van der Waals surface area contributed by atoms with Gasteiger partial charge in [-0.1, -0.05) is 34.1 Å². The topological polar surface area (TPSA) is 59.1 Å². The summed E-state index contributed by atoms with van der Waals surface area (Å²) in [7, 11) is -4.11. The number of aromatic nitrogens is 1. The van der Waals surface area contributed by atoms with E-state index in [1.165, 1.54) is 18.3 Å². The fourth-order valence-corrected chi connectivity index (χ4v) is 4.01. The third-order valence-corrected chi connectivity index (χ3v) is 5.51. The van der Waals surface area contributed by atoms with Crippen molar-refractivity contribution < 1.29 is 21.6 Å². The highest BCUT2D eigenvalue weighted by Crippen LogP contribution is 2.36. The number of anilines is 1. The molecule has 0 spiro atoms. The van der Waals surface area contributed by atoms with E-state index < -0.39 is 21.8 Å². The van der Waals surface area contributed by atoms with Crippen LogP contribution in [0.25, 0.3) is 10.9 Å². The Kier molecular flexibility index (Phi) is 4.46. The molecule has 0 fully saturated rings. The molecular formula is C16H10BrF3N2O2S. The molecule has 1 aromatic heterocycles. The van der Waals surface area contributed by atoms with Crippen LogP contribution in [-0.2, 0) is 16.2 Å². The third-order valence-electron chi connectivity index (χ3n) is 3.41. The molecule has 3 aromatic rings. The second-order valence-corrected chi connectivity index (χ2v) is 7.63. The minimum atomic E-state index is -4.61. The van der Waals surface area contributed by atoms with Crippen LogP contribution in [0, 0.1) is 0 Å². The molecule has 4 nitrogen and oxygen atoms in total. The number of fused-ring (bicyclic) bond motifs is 1. The van der Waals surface area contributed by atoms with Gasteiger partial charge in [0.2, 0.25) is 0 Å². The van der Waals surface area contributed by atoms with E-state index in [4.69, 9.17) is 0 Å². The van der Waals surface area contributed by atoms with Crippen LogP contribution >= 0.6 is 15.9 Å². The van der Waals surface area contributed by atoms with E-state index in [9.17, 15) is 21.6 Å². The first-order valence-electron chi connectivity index (χ1n) is 6.92. The summed E-state index contributed by atoms with van der Waals surface area (Å²) in [4.78, 5) is 3.94. The smallest absolute Gasteiger partial charge is 0.280 e. The van der Waals surface area contributed by atoms with Crippen molar-refractivity contribution in [3.8, 4) is 0 Å². The summed E-state index contributed by atoms with van der Waals surface area (Å²) >= 11 is 2.82. The number of rotatable bonds is 3. The number of pyridine rings is 1. The molecule has 1 heterocycles. The van der Waals surface area contributed by atoms with E-state index in [0.717, 1.165) is 12.1 Å². The number of para-hydroxylation sites is 1. The van der Waals surface area contributed by atoms with Crippen molar-refractivity contribution in [3.05, 3.63) is 64.8 Å². The lowest BCUT2D eigenvalue weighted by atomic mass is 10.2. The van der Waals surface area contributed by atoms with E-state index >= 15 is 0 Å². The summed E-state index contributed by atoms with van der Waals surface area (Å²) in [6, 6.07) is 11.1. The number of halogens is 4. The van der Waals surface area contributed by atoms with Crippen LogP contribution in [0.3, 0.4) is 0 Å². The molecule has 9 heteroatoms.